The van der Waals surface area contributed by atoms with Gasteiger partial charge in [-0.2, -0.15) is 0 Å². The van der Waals surface area contributed by atoms with Crippen LogP contribution in [0.3, 0.4) is 0 Å². The van der Waals surface area contributed by atoms with Gasteiger partial charge in [-0.3, -0.25) is 0 Å². The molecule has 0 radical (unpaired) electrons. The molecule has 96 valence electrons. The minimum atomic E-state index is -0.697. The molecular weight excluding hydrogens is 221 g/mol. The third-order valence-corrected chi connectivity index (χ3v) is 2.86. The summed E-state index contributed by atoms with van der Waals surface area (Å²) < 4.78 is 24.7. The van der Waals surface area contributed by atoms with Gasteiger partial charge in [-0.05, 0) is 33.3 Å². The van der Waals surface area contributed by atoms with Gasteiger partial charge in [-0.1, -0.05) is 0 Å². The largest absolute Gasteiger partial charge is 0.492 e. The van der Waals surface area contributed by atoms with Crippen LogP contribution in [0.1, 0.15) is 30.5 Å². The normalized spacial score (nSPS) is 11.5. The fraction of sp³-hybridized carbons (Fsp3) is 0.538. The molecule has 0 heterocycles. The van der Waals surface area contributed by atoms with Crippen molar-refractivity contribution in [3.8, 4) is 11.5 Å². The summed E-state index contributed by atoms with van der Waals surface area (Å²) in [4.78, 5) is 0. The van der Waals surface area contributed by atoms with Crippen LogP contribution in [-0.2, 0) is 5.54 Å². The Balaban J connectivity index is 3.75. The summed E-state index contributed by atoms with van der Waals surface area (Å²) >= 11 is 0. The minimum absolute atomic E-state index is 0.295. The third kappa shape index (κ3) is 2.22. The molecule has 0 saturated carbocycles. The number of hydrogen-bond acceptors (Lipinski definition) is 3. The average Bonchev–Trinajstić information content (AvgIpc) is 2.23. The molecule has 0 spiro atoms. The number of benzene rings is 1. The molecule has 2 N–H and O–H groups in total. The van der Waals surface area contributed by atoms with Gasteiger partial charge < -0.3 is 15.2 Å². The summed E-state index contributed by atoms with van der Waals surface area (Å²) in [5.74, 6) is 0.622. The molecule has 0 aliphatic heterocycles. The Hall–Kier alpha value is -1.29. The third-order valence-electron chi connectivity index (χ3n) is 2.86. The Morgan fingerprint density at radius 1 is 1.00 bits per heavy atom. The molecule has 1 rings (SSSR count). The second-order valence-corrected chi connectivity index (χ2v) is 4.73. The molecule has 1 aromatic rings. The van der Waals surface area contributed by atoms with Gasteiger partial charge in [0.05, 0.1) is 14.2 Å². The van der Waals surface area contributed by atoms with Gasteiger partial charge in [0.25, 0.3) is 0 Å². The molecule has 17 heavy (non-hydrogen) atoms. The predicted octanol–water partition coefficient (Wildman–Crippen LogP) is 2.65. The second-order valence-electron chi connectivity index (χ2n) is 4.73. The molecule has 0 fully saturated rings. The smallest absolute Gasteiger partial charge is 0.166 e. The summed E-state index contributed by atoms with van der Waals surface area (Å²) in [5.41, 5.74) is 6.96. The summed E-state index contributed by atoms with van der Waals surface area (Å²) in [7, 11) is 3.02. The van der Waals surface area contributed by atoms with E-state index in [2.05, 4.69) is 0 Å². The van der Waals surface area contributed by atoms with Crippen molar-refractivity contribution in [1.29, 1.82) is 0 Å². The van der Waals surface area contributed by atoms with E-state index in [0.717, 1.165) is 0 Å². The number of methoxy groups -OCH3 is 2. The van der Waals surface area contributed by atoms with Crippen LogP contribution in [0, 0.1) is 19.7 Å². The van der Waals surface area contributed by atoms with E-state index in [1.54, 1.807) is 13.8 Å². The van der Waals surface area contributed by atoms with E-state index in [1.807, 2.05) is 13.8 Å². The molecule has 0 amide bonds. The van der Waals surface area contributed by atoms with Crippen molar-refractivity contribution >= 4 is 0 Å². The van der Waals surface area contributed by atoms with Crippen LogP contribution in [0.25, 0.3) is 0 Å². The quantitative estimate of drug-likeness (QED) is 0.884. The van der Waals surface area contributed by atoms with Crippen LogP contribution in [0.4, 0.5) is 4.39 Å². The van der Waals surface area contributed by atoms with Crippen molar-refractivity contribution in [2.24, 2.45) is 5.73 Å². The SMILES string of the molecule is COc1c(C)c(F)c(C)c(C(C)(C)N)c1OC. The first-order valence-electron chi connectivity index (χ1n) is 5.45. The van der Waals surface area contributed by atoms with Crippen molar-refractivity contribution < 1.29 is 13.9 Å². The predicted molar refractivity (Wildman–Crippen MR) is 66.2 cm³/mol. The maximum atomic E-state index is 14.1. The van der Waals surface area contributed by atoms with Gasteiger partial charge in [-0.25, -0.2) is 4.39 Å². The fourth-order valence-corrected chi connectivity index (χ4v) is 2.16. The van der Waals surface area contributed by atoms with Crippen LogP contribution in [0.15, 0.2) is 0 Å². The highest BCUT2D eigenvalue weighted by atomic mass is 19.1. The average molecular weight is 241 g/mol. The van der Waals surface area contributed by atoms with Crippen molar-refractivity contribution in [3.63, 3.8) is 0 Å². The molecule has 0 aliphatic rings. The Morgan fingerprint density at radius 2 is 1.47 bits per heavy atom. The lowest BCUT2D eigenvalue weighted by molar-refractivity contribution is 0.337. The maximum absolute atomic E-state index is 14.1. The Morgan fingerprint density at radius 3 is 1.82 bits per heavy atom. The number of nitrogens with two attached hydrogens (primary N) is 1. The summed E-state index contributed by atoms with van der Waals surface area (Å²) in [5, 5.41) is 0. The molecule has 4 heteroatoms. The topological polar surface area (TPSA) is 44.5 Å². The van der Waals surface area contributed by atoms with Crippen LogP contribution in [-0.4, -0.2) is 14.2 Å². The molecular formula is C13H20FNO2. The number of rotatable bonds is 3. The van der Waals surface area contributed by atoms with Gasteiger partial charge in [-0.15, -0.1) is 0 Å². The molecule has 0 saturated heterocycles. The van der Waals surface area contributed by atoms with E-state index < -0.39 is 5.54 Å². The molecule has 0 unspecified atom stereocenters. The zero-order chi connectivity index (χ0) is 13.4. The zero-order valence-electron chi connectivity index (χ0n) is 11.3. The second kappa shape index (κ2) is 4.53. The highest BCUT2D eigenvalue weighted by molar-refractivity contribution is 5.58. The molecule has 3 nitrogen and oxygen atoms in total. The van der Waals surface area contributed by atoms with E-state index in [9.17, 15) is 4.39 Å². The molecule has 0 aromatic heterocycles. The Kier molecular flexibility index (Phi) is 3.67. The highest BCUT2D eigenvalue weighted by Gasteiger charge is 2.29. The van der Waals surface area contributed by atoms with E-state index in [0.29, 0.717) is 28.2 Å². The molecule has 0 atom stereocenters. The van der Waals surface area contributed by atoms with Gasteiger partial charge in [0.2, 0.25) is 0 Å². The number of hydrogen-bond donors (Lipinski definition) is 1. The lowest BCUT2D eigenvalue weighted by Crippen LogP contribution is -2.31. The standard InChI is InChI=1S/C13H20FNO2/c1-7-9(13(3,4)15)12(17-6)11(16-5)8(2)10(7)14/h15H2,1-6H3. The van der Waals surface area contributed by atoms with Gasteiger partial charge in [0.15, 0.2) is 11.5 Å². The van der Waals surface area contributed by atoms with Gasteiger partial charge in [0, 0.05) is 16.7 Å². The Bertz CT molecular complexity index is 436. The number of ether oxygens (including phenoxy) is 2. The molecule has 1 aromatic carbocycles. The molecule has 0 aliphatic carbocycles. The molecule has 0 bridgehead atoms. The minimum Gasteiger partial charge on any atom is -0.492 e. The van der Waals surface area contributed by atoms with E-state index >= 15 is 0 Å². The van der Waals surface area contributed by atoms with Crippen LogP contribution in [0.5, 0.6) is 11.5 Å². The van der Waals surface area contributed by atoms with Crippen molar-refractivity contribution in [3.05, 3.63) is 22.5 Å². The maximum Gasteiger partial charge on any atom is 0.166 e. The summed E-state index contributed by atoms with van der Waals surface area (Å²) in [6.07, 6.45) is 0. The van der Waals surface area contributed by atoms with Gasteiger partial charge in [0.1, 0.15) is 5.82 Å². The Labute approximate surface area is 102 Å². The van der Waals surface area contributed by atoms with Crippen molar-refractivity contribution in [1.82, 2.24) is 0 Å². The first-order valence-corrected chi connectivity index (χ1v) is 5.45. The summed E-state index contributed by atoms with van der Waals surface area (Å²) in [6, 6.07) is 0. The van der Waals surface area contributed by atoms with E-state index in [-0.39, 0.29) is 5.82 Å². The lowest BCUT2D eigenvalue weighted by Gasteiger charge is -2.27. The van der Waals surface area contributed by atoms with Crippen LogP contribution < -0.4 is 15.2 Å². The zero-order valence-corrected chi connectivity index (χ0v) is 11.3. The summed E-state index contributed by atoms with van der Waals surface area (Å²) in [6.45, 7) is 6.99. The first kappa shape index (κ1) is 13.8. The van der Waals surface area contributed by atoms with Crippen molar-refractivity contribution in [2.45, 2.75) is 33.2 Å². The van der Waals surface area contributed by atoms with Crippen LogP contribution >= 0.6 is 0 Å². The van der Waals surface area contributed by atoms with Crippen LogP contribution in [0.2, 0.25) is 0 Å². The van der Waals surface area contributed by atoms with Gasteiger partial charge >= 0.3 is 0 Å². The van der Waals surface area contributed by atoms with E-state index in [1.165, 1.54) is 14.2 Å². The fourth-order valence-electron chi connectivity index (χ4n) is 2.16. The monoisotopic (exact) mass is 241 g/mol. The lowest BCUT2D eigenvalue weighted by atomic mass is 9.88. The first-order chi connectivity index (χ1) is 7.75. The van der Waals surface area contributed by atoms with E-state index in [4.69, 9.17) is 15.2 Å². The highest BCUT2D eigenvalue weighted by Crippen LogP contribution is 2.42. The van der Waals surface area contributed by atoms with Crippen molar-refractivity contribution in [2.75, 3.05) is 14.2 Å². The number of halogens is 1.